The van der Waals surface area contributed by atoms with E-state index in [1.54, 1.807) is 18.2 Å². The van der Waals surface area contributed by atoms with Crippen molar-refractivity contribution >= 4 is 33.6 Å². The number of anilines is 1. The molecule has 5 nitrogen and oxygen atoms in total. The van der Waals surface area contributed by atoms with Crippen LogP contribution < -0.4 is 10.6 Å². The first kappa shape index (κ1) is 16.0. The Kier molecular flexibility index (Phi) is 5.55. The zero-order valence-corrected chi connectivity index (χ0v) is 13.2. The van der Waals surface area contributed by atoms with E-state index < -0.39 is 18.0 Å². The molecular weight excluding hydrogens is 348 g/mol. The molecule has 2 amide bonds. The van der Waals surface area contributed by atoms with Gasteiger partial charge in [-0.2, -0.15) is 0 Å². The van der Waals surface area contributed by atoms with Gasteiger partial charge in [-0.15, -0.1) is 0 Å². The molecule has 22 heavy (non-hydrogen) atoms. The van der Waals surface area contributed by atoms with Crippen LogP contribution in [0.5, 0.6) is 0 Å². The van der Waals surface area contributed by atoms with E-state index in [2.05, 4.69) is 26.6 Å². The highest BCUT2D eigenvalue weighted by atomic mass is 79.9. The van der Waals surface area contributed by atoms with Crippen LogP contribution in [0.15, 0.2) is 59.1 Å². The molecule has 2 rings (SSSR count). The number of urea groups is 1. The zero-order valence-electron chi connectivity index (χ0n) is 11.6. The predicted octanol–water partition coefficient (Wildman–Crippen LogP) is 3.27. The zero-order chi connectivity index (χ0) is 15.9. The van der Waals surface area contributed by atoms with Crippen molar-refractivity contribution in [3.63, 3.8) is 0 Å². The Morgan fingerprint density at radius 2 is 1.82 bits per heavy atom. The third-order valence-electron chi connectivity index (χ3n) is 2.97. The highest BCUT2D eigenvalue weighted by Crippen LogP contribution is 2.15. The largest absolute Gasteiger partial charge is 0.480 e. The summed E-state index contributed by atoms with van der Waals surface area (Å²) in [6, 6.07) is 14.7. The summed E-state index contributed by atoms with van der Waals surface area (Å²) >= 11 is 3.30. The Morgan fingerprint density at radius 3 is 2.45 bits per heavy atom. The summed E-state index contributed by atoms with van der Waals surface area (Å²) in [5.41, 5.74) is 1.42. The van der Waals surface area contributed by atoms with Gasteiger partial charge in [-0.25, -0.2) is 9.59 Å². The average Bonchev–Trinajstić information content (AvgIpc) is 2.47. The minimum absolute atomic E-state index is 0.224. The smallest absolute Gasteiger partial charge is 0.326 e. The molecule has 0 saturated heterocycles. The Bertz CT molecular complexity index is 661. The van der Waals surface area contributed by atoms with Crippen molar-refractivity contribution in [2.24, 2.45) is 0 Å². The van der Waals surface area contributed by atoms with Gasteiger partial charge in [0.1, 0.15) is 6.04 Å². The van der Waals surface area contributed by atoms with Gasteiger partial charge >= 0.3 is 12.0 Å². The normalized spacial score (nSPS) is 11.5. The van der Waals surface area contributed by atoms with Crippen molar-refractivity contribution in [2.75, 3.05) is 5.32 Å². The number of halogens is 1. The molecule has 6 heteroatoms. The lowest BCUT2D eigenvalue weighted by Crippen LogP contribution is -2.44. The van der Waals surface area contributed by atoms with Crippen LogP contribution in [0.4, 0.5) is 10.5 Å². The molecule has 0 aliphatic heterocycles. The fraction of sp³-hybridized carbons (Fsp3) is 0.125. The van der Waals surface area contributed by atoms with Gasteiger partial charge in [0.2, 0.25) is 0 Å². The Labute approximate surface area is 136 Å². The number of nitrogens with one attached hydrogen (secondary N) is 2. The Hall–Kier alpha value is -2.34. The molecule has 0 aromatic heterocycles. The van der Waals surface area contributed by atoms with Crippen LogP contribution in [0.3, 0.4) is 0 Å². The summed E-state index contributed by atoms with van der Waals surface area (Å²) in [5, 5.41) is 14.3. The summed E-state index contributed by atoms with van der Waals surface area (Å²) in [6.07, 6.45) is 0.224. The molecule has 0 radical (unpaired) electrons. The molecule has 0 bridgehead atoms. The molecule has 0 fully saturated rings. The second-order valence-corrected chi connectivity index (χ2v) is 5.61. The van der Waals surface area contributed by atoms with Gasteiger partial charge in [-0.1, -0.05) is 52.3 Å². The molecule has 0 spiro atoms. The first-order valence-corrected chi connectivity index (χ1v) is 7.44. The van der Waals surface area contributed by atoms with Gasteiger partial charge in [0.25, 0.3) is 0 Å². The first-order chi connectivity index (χ1) is 10.5. The average molecular weight is 363 g/mol. The van der Waals surface area contributed by atoms with Crippen LogP contribution in [0, 0.1) is 0 Å². The number of hydrogen-bond acceptors (Lipinski definition) is 2. The molecule has 3 N–H and O–H groups in total. The van der Waals surface area contributed by atoms with Crippen LogP contribution in [0.1, 0.15) is 5.56 Å². The minimum atomic E-state index is -1.08. The second-order valence-electron chi connectivity index (χ2n) is 4.69. The highest BCUT2D eigenvalue weighted by Gasteiger charge is 2.20. The van der Waals surface area contributed by atoms with E-state index in [0.29, 0.717) is 5.69 Å². The predicted molar refractivity (Wildman–Crippen MR) is 87.9 cm³/mol. The molecule has 0 aliphatic rings. The third-order valence-corrected chi connectivity index (χ3v) is 3.46. The van der Waals surface area contributed by atoms with E-state index in [1.165, 1.54) is 0 Å². The highest BCUT2D eigenvalue weighted by molar-refractivity contribution is 9.10. The topological polar surface area (TPSA) is 78.4 Å². The van der Waals surface area contributed by atoms with Crippen LogP contribution in [0.25, 0.3) is 0 Å². The molecule has 1 atom stereocenters. The van der Waals surface area contributed by atoms with Crippen molar-refractivity contribution < 1.29 is 14.7 Å². The third kappa shape index (κ3) is 4.89. The molecule has 0 saturated carbocycles. The van der Waals surface area contributed by atoms with Crippen LogP contribution in [-0.4, -0.2) is 23.1 Å². The molecule has 0 heterocycles. The van der Waals surface area contributed by atoms with E-state index in [-0.39, 0.29) is 6.42 Å². The maximum Gasteiger partial charge on any atom is 0.326 e. The van der Waals surface area contributed by atoms with Gasteiger partial charge < -0.3 is 15.7 Å². The van der Waals surface area contributed by atoms with Crippen molar-refractivity contribution in [2.45, 2.75) is 12.5 Å². The second kappa shape index (κ2) is 7.61. The van der Waals surface area contributed by atoms with E-state index in [1.807, 2.05) is 36.4 Å². The molecule has 2 aromatic carbocycles. The summed E-state index contributed by atoms with van der Waals surface area (Å²) in [5.74, 6) is -1.08. The summed E-state index contributed by atoms with van der Waals surface area (Å²) in [7, 11) is 0. The molecular formula is C16H15BrN2O3. The maximum absolute atomic E-state index is 11.9. The van der Waals surface area contributed by atoms with Gasteiger partial charge in [0, 0.05) is 16.6 Å². The van der Waals surface area contributed by atoms with E-state index in [9.17, 15) is 14.7 Å². The summed E-state index contributed by atoms with van der Waals surface area (Å²) < 4.78 is 0.823. The fourth-order valence-corrected chi connectivity index (χ4v) is 2.34. The summed E-state index contributed by atoms with van der Waals surface area (Å²) in [4.78, 5) is 23.2. The van der Waals surface area contributed by atoms with Crippen molar-refractivity contribution in [3.05, 3.63) is 64.6 Å². The van der Waals surface area contributed by atoms with Crippen LogP contribution >= 0.6 is 15.9 Å². The molecule has 1 unspecified atom stereocenters. The number of carboxylic acids is 1. The van der Waals surface area contributed by atoms with Crippen molar-refractivity contribution in [1.29, 1.82) is 0 Å². The number of carboxylic acid groups (broad SMARTS) is 1. The minimum Gasteiger partial charge on any atom is -0.480 e. The Morgan fingerprint density at radius 1 is 1.09 bits per heavy atom. The van der Waals surface area contributed by atoms with Gasteiger partial charge in [0.15, 0.2) is 0 Å². The number of benzene rings is 2. The number of rotatable bonds is 5. The standard InChI is InChI=1S/C16H15BrN2O3/c17-12-7-4-8-13(10-12)18-16(22)19-14(15(20)21)9-11-5-2-1-3-6-11/h1-8,10,14H,9H2,(H,20,21)(H2,18,19,22). The summed E-state index contributed by atoms with van der Waals surface area (Å²) in [6.45, 7) is 0. The van der Waals surface area contributed by atoms with E-state index in [0.717, 1.165) is 10.0 Å². The lowest BCUT2D eigenvalue weighted by molar-refractivity contribution is -0.139. The number of hydrogen-bond donors (Lipinski definition) is 3. The number of carbonyl (C=O) groups excluding carboxylic acids is 1. The monoisotopic (exact) mass is 362 g/mol. The maximum atomic E-state index is 11.9. The van der Waals surface area contributed by atoms with Crippen molar-refractivity contribution in [1.82, 2.24) is 5.32 Å². The lowest BCUT2D eigenvalue weighted by Gasteiger charge is -2.15. The SMILES string of the molecule is O=C(Nc1cccc(Br)c1)NC(Cc1ccccc1)C(=O)O. The van der Waals surface area contributed by atoms with Gasteiger partial charge in [0.05, 0.1) is 0 Å². The van der Waals surface area contributed by atoms with Crippen molar-refractivity contribution in [3.8, 4) is 0 Å². The number of amides is 2. The first-order valence-electron chi connectivity index (χ1n) is 6.64. The molecule has 114 valence electrons. The number of aliphatic carboxylic acids is 1. The molecule has 2 aromatic rings. The van der Waals surface area contributed by atoms with Gasteiger partial charge in [-0.05, 0) is 23.8 Å². The molecule has 0 aliphatic carbocycles. The van der Waals surface area contributed by atoms with Crippen LogP contribution in [-0.2, 0) is 11.2 Å². The van der Waals surface area contributed by atoms with E-state index >= 15 is 0 Å². The Balaban J connectivity index is 1.98. The van der Waals surface area contributed by atoms with E-state index in [4.69, 9.17) is 0 Å². The quantitative estimate of drug-likeness (QED) is 0.763. The lowest BCUT2D eigenvalue weighted by atomic mass is 10.1. The van der Waals surface area contributed by atoms with Gasteiger partial charge in [-0.3, -0.25) is 0 Å². The number of carbonyl (C=O) groups is 2. The fourth-order valence-electron chi connectivity index (χ4n) is 1.94. The van der Waals surface area contributed by atoms with Crippen LogP contribution in [0.2, 0.25) is 0 Å².